The van der Waals surface area contributed by atoms with Gasteiger partial charge in [-0.2, -0.15) is 0 Å². The lowest BCUT2D eigenvalue weighted by atomic mass is 10.1. The van der Waals surface area contributed by atoms with Gasteiger partial charge in [-0.3, -0.25) is 9.97 Å². The van der Waals surface area contributed by atoms with Crippen LogP contribution in [0.5, 0.6) is 0 Å². The maximum absolute atomic E-state index is 4.60. The van der Waals surface area contributed by atoms with E-state index in [0.717, 1.165) is 11.3 Å². The number of thiophene rings is 1. The summed E-state index contributed by atoms with van der Waals surface area (Å²) in [6.07, 6.45) is 5.68. The number of rotatable bonds is 1. The molecule has 3 aromatic heterocycles. The van der Waals surface area contributed by atoms with Crippen LogP contribution >= 0.6 is 11.3 Å². The normalized spacial score (nSPS) is 11.2. The average Bonchev–Trinajstić information content (AvgIpc) is 2.85. The van der Waals surface area contributed by atoms with Gasteiger partial charge >= 0.3 is 0 Å². The van der Waals surface area contributed by atoms with Crippen LogP contribution in [-0.2, 0) is 0 Å². The van der Waals surface area contributed by atoms with Crippen LogP contribution in [0.2, 0.25) is 0 Å². The van der Waals surface area contributed by atoms with Crippen molar-refractivity contribution in [3.8, 4) is 11.3 Å². The van der Waals surface area contributed by atoms with Crippen molar-refractivity contribution >= 4 is 31.5 Å². The van der Waals surface area contributed by atoms with Crippen LogP contribution in [-0.4, -0.2) is 9.97 Å². The Kier molecular flexibility index (Phi) is 2.54. The van der Waals surface area contributed by atoms with Gasteiger partial charge < -0.3 is 0 Å². The van der Waals surface area contributed by atoms with Crippen molar-refractivity contribution in [3.63, 3.8) is 0 Å². The van der Waals surface area contributed by atoms with Crippen molar-refractivity contribution < 1.29 is 0 Å². The van der Waals surface area contributed by atoms with E-state index in [1.807, 2.05) is 24.7 Å². The topological polar surface area (TPSA) is 25.8 Å². The number of fused-ring (bicyclic) bond motifs is 3. The molecule has 3 heterocycles. The van der Waals surface area contributed by atoms with Crippen LogP contribution in [0.4, 0.5) is 0 Å². The summed E-state index contributed by atoms with van der Waals surface area (Å²) in [7, 11) is 0. The van der Waals surface area contributed by atoms with Crippen LogP contribution < -0.4 is 0 Å². The maximum Gasteiger partial charge on any atom is 0.0727 e. The van der Waals surface area contributed by atoms with Crippen molar-refractivity contribution in [3.05, 3.63) is 60.6 Å². The highest BCUT2D eigenvalue weighted by Crippen LogP contribution is 2.35. The molecule has 1 aromatic carbocycles. The summed E-state index contributed by atoms with van der Waals surface area (Å²) < 4.78 is 2.54. The van der Waals surface area contributed by atoms with E-state index in [4.69, 9.17) is 0 Å². The molecular formula is C17H12N2S. The van der Waals surface area contributed by atoms with E-state index in [9.17, 15) is 0 Å². The van der Waals surface area contributed by atoms with Crippen molar-refractivity contribution in [1.82, 2.24) is 9.97 Å². The lowest BCUT2D eigenvalue weighted by Gasteiger charge is -2.04. The second-order valence-electron chi connectivity index (χ2n) is 4.85. The molecule has 0 spiro atoms. The molecule has 0 unspecified atom stereocenters. The van der Waals surface area contributed by atoms with Crippen molar-refractivity contribution in [1.29, 1.82) is 0 Å². The first-order chi connectivity index (χ1) is 9.83. The first kappa shape index (κ1) is 11.6. The number of aryl methyl sites for hydroxylation is 1. The van der Waals surface area contributed by atoms with Gasteiger partial charge in [0.15, 0.2) is 0 Å². The quantitative estimate of drug-likeness (QED) is 0.498. The van der Waals surface area contributed by atoms with Gasteiger partial charge in [-0.25, -0.2) is 0 Å². The number of hydrogen-bond donors (Lipinski definition) is 0. The van der Waals surface area contributed by atoms with Crippen LogP contribution in [0.3, 0.4) is 0 Å². The van der Waals surface area contributed by atoms with Crippen molar-refractivity contribution in [2.45, 2.75) is 6.92 Å². The van der Waals surface area contributed by atoms with Gasteiger partial charge in [-0.05, 0) is 30.7 Å². The smallest absolute Gasteiger partial charge is 0.0727 e. The second-order valence-corrected chi connectivity index (χ2v) is 5.94. The van der Waals surface area contributed by atoms with Gasteiger partial charge in [0, 0.05) is 39.6 Å². The highest BCUT2D eigenvalue weighted by Gasteiger charge is 2.08. The highest BCUT2D eigenvalue weighted by molar-refractivity contribution is 7.25. The molecule has 20 heavy (non-hydrogen) atoms. The third-order valence-electron chi connectivity index (χ3n) is 3.58. The fourth-order valence-electron chi connectivity index (χ4n) is 2.51. The van der Waals surface area contributed by atoms with Gasteiger partial charge in [0.05, 0.1) is 10.4 Å². The molecule has 0 aliphatic carbocycles. The van der Waals surface area contributed by atoms with E-state index in [1.165, 1.54) is 25.7 Å². The van der Waals surface area contributed by atoms with Crippen molar-refractivity contribution in [2.75, 3.05) is 0 Å². The first-order valence-corrected chi connectivity index (χ1v) is 7.33. The van der Waals surface area contributed by atoms with E-state index in [1.54, 1.807) is 11.3 Å². The van der Waals surface area contributed by atoms with Crippen LogP contribution in [0.15, 0.2) is 55.0 Å². The van der Waals surface area contributed by atoms with Crippen LogP contribution in [0.1, 0.15) is 5.56 Å². The zero-order valence-electron chi connectivity index (χ0n) is 11.0. The van der Waals surface area contributed by atoms with Gasteiger partial charge in [-0.15, -0.1) is 11.3 Å². The highest BCUT2D eigenvalue weighted by atomic mass is 32.1. The summed E-state index contributed by atoms with van der Waals surface area (Å²) in [5, 5.41) is 2.58. The molecule has 2 nitrogen and oxygen atoms in total. The zero-order chi connectivity index (χ0) is 13.5. The van der Waals surface area contributed by atoms with Crippen molar-refractivity contribution in [2.24, 2.45) is 0 Å². The lowest BCUT2D eigenvalue weighted by molar-refractivity contribution is 1.26. The Hall–Kier alpha value is -2.26. The molecule has 4 rings (SSSR count). The Morgan fingerprint density at radius 2 is 1.85 bits per heavy atom. The zero-order valence-corrected chi connectivity index (χ0v) is 11.8. The van der Waals surface area contributed by atoms with Gasteiger partial charge in [-0.1, -0.05) is 18.2 Å². The molecule has 0 radical (unpaired) electrons. The Bertz CT molecular complexity index is 924. The average molecular weight is 276 g/mol. The summed E-state index contributed by atoms with van der Waals surface area (Å²) in [5.74, 6) is 0. The predicted octanol–water partition coefficient (Wildman–Crippen LogP) is 4.82. The molecule has 0 amide bonds. The molecule has 0 atom stereocenters. The Morgan fingerprint density at radius 3 is 2.75 bits per heavy atom. The molecule has 0 saturated carbocycles. The molecule has 0 saturated heterocycles. The van der Waals surface area contributed by atoms with Crippen LogP contribution in [0.25, 0.3) is 31.4 Å². The minimum absolute atomic E-state index is 0.992. The third-order valence-corrected chi connectivity index (χ3v) is 4.70. The molecule has 0 fully saturated rings. The maximum atomic E-state index is 4.60. The molecule has 0 bridgehead atoms. The van der Waals surface area contributed by atoms with E-state index >= 15 is 0 Å². The summed E-state index contributed by atoms with van der Waals surface area (Å²) in [6, 6.07) is 12.7. The van der Waals surface area contributed by atoms with E-state index in [0.29, 0.717) is 0 Å². The summed E-state index contributed by atoms with van der Waals surface area (Å²) in [4.78, 5) is 8.82. The number of aromatic nitrogens is 2. The molecular weight excluding hydrogens is 264 g/mol. The standard InChI is InChI=1S/C17H12N2S/c1-11-6-7-18-9-14(11)15-8-13-12-4-2-3-5-16(12)20-17(13)10-19-15/h2-10H,1H3. The number of nitrogens with zero attached hydrogens (tertiary/aromatic N) is 2. The summed E-state index contributed by atoms with van der Waals surface area (Å²) >= 11 is 1.79. The van der Waals surface area contributed by atoms with E-state index < -0.39 is 0 Å². The Morgan fingerprint density at radius 1 is 0.950 bits per heavy atom. The van der Waals surface area contributed by atoms with Gasteiger partial charge in [0.1, 0.15) is 0 Å². The Labute approximate surface area is 120 Å². The summed E-state index contributed by atoms with van der Waals surface area (Å²) in [5.41, 5.74) is 3.29. The Balaban J connectivity index is 2.03. The number of benzene rings is 1. The monoisotopic (exact) mass is 276 g/mol. The van der Waals surface area contributed by atoms with E-state index in [-0.39, 0.29) is 0 Å². The molecule has 96 valence electrons. The number of pyridine rings is 2. The third kappa shape index (κ3) is 1.71. The fraction of sp³-hybridized carbons (Fsp3) is 0.0588. The first-order valence-electron chi connectivity index (χ1n) is 6.51. The molecule has 0 N–H and O–H groups in total. The van der Waals surface area contributed by atoms with Crippen LogP contribution in [0, 0.1) is 6.92 Å². The molecule has 0 aliphatic rings. The minimum Gasteiger partial charge on any atom is -0.264 e. The predicted molar refractivity (Wildman–Crippen MR) is 85.1 cm³/mol. The SMILES string of the molecule is Cc1ccncc1-c1cc2c(cn1)sc1ccccc12. The van der Waals surface area contributed by atoms with Gasteiger partial charge in [0.25, 0.3) is 0 Å². The molecule has 0 aliphatic heterocycles. The largest absolute Gasteiger partial charge is 0.264 e. The summed E-state index contributed by atoms with van der Waals surface area (Å²) in [6.45, 7) is 2.09. The minimum atomic E-state index is 0.992. The molecule has 4 aromatic rings. The molecule has 3 heteroatoms. The number of hydrogen-bond acceptors (Lipinski definition) is 3. The van der Waals surface area contributed by atoms with E-state index in [2.05, 4.69) is 47.2 Å². The fourth-order valence-corrected chi connectivity index (χ4v) is 3.57. The lowest BCUT2D eigenvalue weighted by Crippen LogP contribution is -1.87. The second kappa shape index (κ2) is 4.39. The van der Waals surface area contributed by atoms with Gasteiger partial charge in [0.2, 0.25) is 0 Å².